The van der Waals surface area contributed by atoms with Crippen molar-refractivity contribution in [2.45, 2.75) is 37.4 Å². The van der Waals surface area contributed by atoms with Gasteiger partial charge in [-0.25, -0.2) is 0 Å². The van der Waals surface area contributed by atoms with Crippen LogP contribution in [0.3, 0.4) is 0 Å². The summed E-state index contributed by atoms with van der Waals surface area (Å²) in [6, 6.07) is 5.49. The minimum atomic E-state index is -4.89. The molecule has 14 heteroatoms. The molecule has 1 amide bonds. The predicted octanol–water partition coefficient (Wildman–Crippen LogP) is 1.76. The van der Waals surface area contributed by atoms with Crippen LogP contribution in [0.15, 0.2) is 47.2 Å². The van der Waals surface area contributed by atoms with Crippen LogP contribution in [-0.2, 0) is 22.6 Å². The minimum absolute atomic E-state index is 0.00206. The molecule has 8 N–H and O–H groups in total. The van der Waals surface area contributed by atoms with E-state index in [1.807, 2.05) is 0 Å². The fourth-order valence-corrected chi connectivity index (χ4v) is 6.72. The average molecular weight is 598 g/mol. The molecule has 4 atom stereocenters. The Kier molecular flexibility index (Phi) is 7.23. The van der Waals surface area contributed by atoms with Gasteiger partial charge in [0.2, 0.25) is 0 Å². The Labute approximate surface area is 244 Å². The molecule has 0 spiro atoms. The van der Waals surface area contributed by atoms with Crippen LogP contribution >= 0.6 is 0 Å². The van der Waals surface area contributed by atoms with Crippen molar-refractivity contribution >= 4 is 30.4 Å². The van der Waals surface area contributed by atoms with Gasteiger partial charge in [0.1, 0.15) is 0 Å². The van der Waals surface area contributed by atoms with Crippen LogP contribution in [0.25, 0.3) is 16.9 Å². The number of aromatic hydroxyl groups is 1. The Morgan fingerprint density at radius 3 is 2.35 bits per heavy atom. The summed E-state index contributed by atoms with van der Waals surface area (Å²) in [6.07, 6.45) is -4.84. The summed E-state index contributed by atoms with van der Waals surface area (Å²) in [5.41, 5.74) is 8.60. The zero-order valence-electron chi connectivity index (χ0n) is 23.1. The molecule has 0 aromatic heterocycles. The van der Waals surface area contributed by atoms with Gasteiger partial charge < -0.3 is 4.74 Å². The SMILES string of the molecule is [B]=C1C(C(N)=O)=C(O)[C@@H](N(C)C)[C@@H]2C[C@@H]3Cc4c(-c5ccc(OC(F)(F)F)cc5)cc(CN)c(O)c4C(O)=C3C(=O)[C@]12O. The molecule has 0 saturated heterocycles. The van der Waals surface area contributed by atoms with Crippen LogP contribution in [-0.4, -0.2) is 82.1 Å². The second-order valence-corrected chi connectivity index (χ2v) is 11.1. The van der Waals surface area contributed by atoms with E-state index in [0.29, 0.717) is 16.7 Å². The number of likely N-dealkylation sites (N-methyl/N-ethyl adjacent to an activating group) is 1. The molecular weight excluding hydrogens is 570 g/mol. The number of ketones is 1. The van der Waals surface area contributed by atoms with Crippen molar-refractivity contribution in [1.29, 1.82) is 0 Å². The number of aliphatic hydroxyl groups is 3. The molecule has 225 valence electrons. The van der Waals surface area contributed by atoms with Crippen LogP contribution in [0.4, 0.5) is 13.2 Å². The zero-order valence-corrected chi connectivity index (χ0v) is 23.1. The Hall–Kier alpha value is -4.14. The molecule has 0 bridgehead atoms. The fraction of sp³-hybridized carbons (Fsp3) is 0.345. The number of nitrogens with zero attached hydrogens (tertiary/aromatic N) is 1. The summed E-state index contributed by atoms with van der Waals surface area (Å²) in [4.78, 5) is 27.9. The molecule has 3 aliphatic rings. The van der Waals surface area contributed by atoms with Gasteiger partial charge in [-0.05, 0) is 0 Å². The van der Waals surface area contributed by atoms with Crippen LogP contribution in [0.1, 0.15) is 23.1 Å². The van der Waals surface area contributed by atoms with Gasteiger partial charge in [0.15, 0.2) is 0 Å². The van der Waals surface area contributed by atoms with E-state index in [4.69, 9.17) is 19.0 Å². The Bertz CT molecular complexity index is 1640. The van der Waals surface area contributed by atoms with Gasteiger partial charge in [-0.15, -0.1) is 13.2 Å². The van der Waals surface area contributed by atoms with Gasteiger partial charge in [0, 0.05) is 0 Å². The molecule has 1 radical (unpaired) electrons. The van der Waals surface area contributed by atoms with Gasteiger partial charge in [-0.1, -0.05) is 0 Å². The number of alkyl halides is 3. The number of hydrogen-bond donors (Lipinski definition) is 6. The second kappa shape index (κ2) is 10.2. The number of fused-ring (bicyclic) bond motifs is 3. The number of rotatable bonds is 5. The number of carbonyl (C=O) groups is 2. The number of halogens is 3. The molecule has 0 unspecified atom stereocenters. The van der Waals surface area contributed by atoms with E-state index in [9.17, 15) is 43.2 Å². The van der Waals surface area contributed by atoms with E-state index in [1.54, 1.807) is 20.2 Å². The molecule has 3 aliphatic carbocycles. The number of Topliss-reactive ketones (excluding diaryl/α,β-unsaturated/α-hetero) is 1. The summed E-state index contributed by atoms with van der Waals surface area (Å²) >= 11 is 0. The van der Waals surface area contributed by atoms with Gasteiger partial charge in [-0.2, -0.15) is 0 Å². The number of phenols is 1. The maximum absolute atomic E-state index is 14.1. The van der Waals surface area contributed by atoms with Crippen molar-refractivity contribution < 1.29 is 47.9 Å². The fourth-order valence-electron chi connectivity index (χ4n) is 6.72. The van der Waals surface area contributed by atoms with Crippen molar-refractivity contribution in [2.24, 2.45) is 23.3 Å². The number of amides is 1. The van der Waals surface area contributed by atoms with Crippen molar-refractivity contribution in [3.05, 3.63) is 63.9 Å². The summed E-state index contributed by atoms with van der Waals surface area (Å²) in [6.45, 7) is -0.190. The Morgan fingerprint density at radius 2 is 1.81 bits per heavy atom. The zero-order chi connectivity index (χ0) is 31.8. The summed E-state index contributed by atoms with van der Waals surface area (Å²) in [7, 11) is 9.30. The first kappa shape index (κ1) is 30.3. The monoisotopic (exact) mass is 598 g/mol. The molecule has 2 aromatic rings. The number of ether oxygens (including phenoxy) is 1. The summed E-state index contributed by atoms with van der Waals surface area (Å²) in [5, 5.41) is 45.5. The van der Waals surface area contributed by atoms with E-state index in [-0.39, 0.29) is 36.1 Å². The van der Waals surface area contributed by atoms with E-state index in [0.717, 1.165) is 12.1 Å². The number of hydrogen-bond acceptors (Lipinski definition) is 9. The van der Waals surface area contributed by atoms with Crippen LogP contribution in [0.5, 0.6) is 11.5 Å². The van der Waals surface area contributed by atoms with E-state index in [1.165, 1.54) is 17.0 Å². The van der Waals surface area contributed by atoms with Crippen LogP contribution in [0, 0.1) is 11.8 Å². The molecule has 0 aliphatic heterocycles. The molecule has 2 aromatic carbocycles. The third-order valence-electron chi connectivity index (χ3n) is 8.52. The van der Waals surface area contributed by atoms with E-state index in [2.05, 4.69) is 4.74 Å². The van der Waals surface area contributed by atoms with Gasteiger partial charge in [0.05, 0.1) is 0 Å². The average Bonchev–Trinajstić information content (AvgIpc) is 2.90. The normalized spacial score (nSPS) is 25.4. The Morgan fingerprint density at radius 1 is 1.19 bits per heavy atom. The van der Waals surface area contributed by atoms with Gasteiger partial charge in [-0.3, -0.25) is 0 Å². The van der Waals surface area contributed by atoms with E-state index >= 15 is 0 Å². The molecule has 0 heterocycles. The quantitative estimate of drug-likeness (QED) is 0.280. The maximum atomic E-state index is 14.1. The number of aliphatic hydroxyl groups excluding tert-OH is 2. The topological polar surface area (TPSA) is 180 Å². The van der Waals surface area contributed by atoms with Crippen molar-refractivity contribution in [2.75, 3.05) is 14.1 Å². The number of benzene rings is 2. The second-order valence-electron chi connectivity index (χ2n) is 11.1. The summed E-state index contributed by atoms with van der Waals surface area (Å²) in [5.74, 6) is -5.99. The molecule has 43 heavy (non-hydrogen) atoms. The standard InChI is InChI=1S/C29H28BF3N3O7/c1-36(2)21-17-9-12-7-16-15(11-3-5-14(6-4-11)43-29(31,32)33)8-13(10-34)22(37)19(16)23(38)18(12)26(40)28(17,42)25(30)20(24(21)39)27(35)41/h3-6,8,12,17,21,37-39,42H,7,9-10,34H2,1-2H3,(H2,35,41)/t12-,17-,21-,28+/m0/s1. The first-order valence-electron chi connectivity index (χ1n) is 13.2. The van der Waals surface area contributed by atoms with Crippen molar-refractivity contribution in [3.8, 4) is 22.6 Å². The number of primary amides is 1. The molecule has 5 rings (SSSR count). The van der Waals surface area contributed by atoms with Crippen molar-refractivity contribution in [1.82, 2.24) is 4.90 Å². The third kappa shape index (κ3) is 4.60. The Balaban J connectivity index is 1.69. The molecule has 1 saturated carbocycles. The number of nitrogens with two attached hydrogens (primary N) is 2. The van der Waals surface area contributed by atoms with Crippen LogP contribution < -0.4 is 16.2 Å². The summed E-state index contributed by atoms with van der Waals surface area (Å²) < 4.78 is 42.1. The van der Waals surface area contributed by atoms with Gasteiger partial charge >= 0.3 is 227 Å². The first-order valence-corrected chi connectivity index (χ1v) is 13.2. The third-order valence-corrected chi connectivity index (χ3v) is 8.52. The predicted molar refractivity (Wildman–Crippen MR) is 150 cm³/mol. The van der Waals surface area contributed by atoms with Gasteiger partial charge in [0.25, 0.3) is 0 Å². The van der Waals surface area contributed by atoms with E-state index < -0.39 is 75.6 Å². The first-order chi connectivity index (χ1) is 20.0. The molecule has 1 fully saturated rings. The van der Waals surface area contributed by atoms with Crippen molar-refractivity contribution in [3.63, 3.8) is 0 Å². The number of phenolic OH excluding ortho intramolecular Hbond substituents is 1. The molecule has 10 nitrogen and oxygen atoms in total. The van der Waals surface area contributed by atoms with Crippen LogP contribution in [0.2, 0.25) is 0 Å². The molecular formula is C29H28BF3N3O7. The number of carbonyl (C=O) groups excluding carboxylic acids is 2.